The standard InChI is InChI=1S/C33H54O4/c1-19-11-13-30(6)15-16-32(8)26-22(35)17-24-29(4,5)25(37-21(3)34)12-14-31(24,7)27(26)23(36-10)18-33(32,9)28(30)20(19)2/h19-20,22-25,28,35H,11-18H2,1-10H3/t19-,20+,22-,23-,24+,25+,28-,30-,31+,32-,33+/m1/s1. The Morgan fingerprint density at radius 2 is 1.62 bits per heavy atom. The molecule has 11 atom stereocenters. The van der Waals surface area contributed by atoms with E-state index in [2.05, 4.69) is 55.4 Å². The lowest BCUT2D eigenvalue weighted by Crippen LogP contribution is -2.66. The van der Waals surface area contributed by atoms with Gasteiger partial charge in [-0.1, -0.05) is 55.4 Å². The second-order valence-corrected chi connectivity index (χ2v) is 15.7. The predicted octanol–water partition coefficient (Wildman–Crippen LogP) is 7.34. The van der Waals surface area contributed by atoms with Crippen LogP contribution in [-0.2, 0) is 14.3 Å². The van der Waals surface area contributed by atoms with Crippen molar-refractivity contribution in [3.8, 4) is 0 Å². The Balaban J connectivity index is 1.66. The third kappa shape index (κ3) is 3.56. The Hall–Kier alpha value is -0.870. The number of esters is 1. The highest BCUT2D eigenvalue weighted by Gasteiger charge is 2.69. The second kappa shape index (κ2) is 8.56. The van der Waals surface area contributed by atoms with E-state index in [1.54, 1.807) is 0 Å². The molecule has 0 heterocycles. The number of ether oxygens (including phenoxy) is 2. The Kier molecular flexibility index (Phi) is 6.41. The Bertz CT molecular complexity index is 983. The van der Waals surface area contributed by atoms with Crippen molar-refractivity contribution in [2.45, 2.75) is 132 Å². The van der Waals surface area contributed by atoms with Crippen LogP contribution in [0.1, 0.15) is 114 Å². The molecule has 0 aliphatic heterocycles. The molecule has 4 heteroatoms. The van der Waals surface area contributed by atoms with Crippen molar-refractivity contribution in [1.82, 2.24) is 0 Å². The summed E-state index contributed by atoms with van der Waals surface area (Å²) in [5.41, 5.74) is 2.89. The fourth-order valence-corrected chi connectivity index (χ4v) is 11.6. The van der Waals surface area contributed by atoms with Gasteiger partial charge in [-0.3, -0.25) is 4.79 Å². The summed E-state index contributed by atoms with van der Waals surface area (Å²) in [6.07, 6.45) is 8.16. The maximum absolute atomic E-state index is 12.1. The molecule has 0 aromatic carbocycles. The first-order chi connectivity index (χ1) is 17.1. The maximum Gasteiger partial charge on any atom is 0.302 e. The quantitative estimate of drug-likeness (QED) is 0.309. The molecular formula is C33H54O4. The zero-order valence-electron chi connectivity index (χ0n) is 25.4. The van der Waals surface area contributed by atoms with Gasteiger partial charge in [-0.05, 0) is 108 Å². The van der Waals surface area contributed by atoms with Gasteiger partial charge in [0.2, 0.25) is 0 Å². The Morgan fingerprint density at radius 1 is 0.946 bits per heavy atom. The van der Waals surface area contributed by atoms with Crippen molar-refractivity contribution in [2.24, 2.45) is 50.7 Å². The van der Waals surface area contributed by atoms with Crippen LogP contribution in [0.25, 0.3) is 0 Å². The second-order valence-electron chi connectivity index (χ2n) is 15.7. The summed E-state index contributed by atoms with van der Waals surface area (Å²) in [5.74, 6) is 2.08. The molecule has 0 radical (unpaired) electrons. The minimum atomic E-state index is -0.466. The van der Waals surface area contributed by atoms with Gasteiger partial charge in [-0.25, -0.2) is 0 Å². The number of fused-ring (bicyclic) bond motifs is 6. The van der Waals surface area contributed by atoms with Crippen molar-refractivity contribution < 1.29 is 19.4 Å². The molecule has 4 nitrogen and oxygen atoms in total. The van der Waals surface area contributed by atoms with E-state index >= 15 is 0 Å². The molecule has 0 amide bonds. The van der Waals surface area contributed by atoms with Crippen LogP contribution in [0, 0.1) is 50.7 Å². The summed E-state index contributed by atoms with van der Waals surface area (Å²) in [5, 5.41) is 12.1. The van der Waals surface area contributed by atoms with Crippen LogP contribution in [0.2, 0.25) is 0 Å². The molecule has 0 spiro atoms. The third-order valence-electron chi connectivity index (χ3n) is 13.7. The number of methoxy groups -OCH3 is 1. The predicted molar refractivity (Wildman–Crippen MR) is 148 cm³/mol. The van der Waals surface area contributed by atoms with Gasteiger partial charge in [0.1, 0.15) is 6.10 Å². The van der Waals surface area contributed by atoms with E-state index in [0.717, 1.165) is 38.0 Å². The van der Waals surface area contributed by atoms with Crippen LogP contribution >= 0.6 is 0 Å². The van der Waals surface area contributed by atoms with Gasteiger partial charge in [0, 0.05) is 19.4 Å². The van der Waals surface area contributed by atoms with E-state index in [1.165, 1.54) is 37.3 Å². The van der Waals surface area contributed by atoms with Gasteiger partial charge in [0.05, 0.1) is 12.2 Å². The first kappa shape index (κ1) is 27.7. The van der Waals surface area contributed by atoms with Crippen molar-refractivity contribution >= 4 is 5.97 Å². The molecule has 0 bridgehead atoms. The molecule has 5 rings (SSSR count). The van der Waals surface area contributed by atoms with Crippen LogP contribution in [-0.4, -0.2) is 36.5 Å². The van der Waals surface area contributed by atoms with Crippen molar-refractivity contribution in [2.75, 3.05) is 7.11 Å². The van der Waals surface area contributed by atoms with Crippen LogP contribution < -0.4 is 0 Å². The molecule has 0 saturated heterocycles. The summed E-state index contributed by atoms with van der Waals surface area (Å²) < 4.78 is 12.3. The average Bonchev–Trinajstić information content (AvgIpc) is 2.80. The van der Waals surface area contributed by atoms with E-state index < -0.39 is 6.10 Å². The number of hydrogen-bond donors (Lipinski definition) is 1. The number of hydrogen-bond acceptors (Lipinski definition) is 4. The smallest absolute Gasteiger partial charge is 0.302 e. The van der Waals surface area contributed by atoms with Crippen LogP contribution in [0.15, 0.2) is 11.1 Å². The first-order valence-corrected chi connectivity index (χ1v) is 15.2. The highest BCUT2D eigenvalue weighted by atomic mass is 16.5. The SMILES string of the molecule is CO[C@@H]1C[C@@]2(C)[C@@H]3[C@@H](C)[C@H](C)CC[C@]3(C)CC[C@]2(C)C2=C1[C@@]1(C)CC[C@H](OC(C)=O)C(C)(C)[C@@H]1C[C@H]2O. The van der Waals surface area contributed by atoms with E-state index in [1.807, 2.05) is 7.11 Å². The molecule has 0 aromatic heterocycles. The van der Waals surface area contributed by atoms with E-state index in [4.69, 9.17) is 9.47 Å². The molecule has 0 unspecified atom stereocenters. The molecule has 1 N–H and O–H groups in total. The van der Waals surface area contributed by atoms with Gasteiger partial charge in [0.15, 0.2) is 0 Å². The zero-order valence-corrected chi connectivity index (χ0v) is 25.4. The third-order valence-corrected chi connectivity index (χ3v) is 13.7. The number of aliphatic hydroxyl groups is 1. The number of carbonyl (C=O) groups excluding carboxylic acids is 1. The van der Waals surface area contributed by atoms with E-state index in [0.29, 0.717) is 17.3 Å². The molecule has 5 aliphatic carbocycles. The summed E-state index contributed by atoms with van der Waals surface area (Å²) in [6, 6.07) is 0. The molecule has 0 aromatic rings. The topological polar surface area (TPSA) is 55.8 Å². The van der Waals surface area contributed by atoms with Crippen LogP contribution in [0.4, 0.5) is 0 Å². The highest BCUT2D eigenvalue weighted by Crippen LogP contribution is 2.75. The average molecular weight is 515 g/mol. The van der Waals surface area contributed by atoms with Crippen molar-refractivity contribution in [1.29, 1.82) is 0 Å². The Labute approximate surface area is 226 Å². The number of aliphatic hydroxyl groups excluding tert-OH is 1. The summed E-state index contributed by atoms with van der Waals surface area (Å²) in [6.45, 7) is 21.1. The fraction of sp³-hybridized carbons (Fsp3) is 0.909. The van der Waals surface area contributed by atoms with E-state index in [-0.39, 0.29) is 45.8 Å². The summed E-state index contributed by atoms with van der Waals surface area (Å²) in [7, 11) is 1.89. The molecule has 5 aliphatic rings. The summed E-state index contributed by atoms with van der Waals surface area (Å²) >= 11 is 0. The lowest BCUT2D eigenvalue weighted by atomic mass is 9.34. The van der Waals surface area contributed by atoms with Gasteiger partial charge < -0.3 is 14.6 Å². The summed E-state index contributed by atoms with van der Waals surface area (Å²) in [4.78, 5) is 12.0. The normalized spacial score (nSPS) is 52.9. The fourth-order valence-electron chi connectivity index (χ4n) is 11.6. The largest absolute Gasteiger partial charge is 0.462 e. The van der Waals surface area contributed by atoms with Gasteiger partial charge in [-0.15, -0.1) is 0 Å². The number of carbonyl (C=O) groups is 1. The van der Waals surface area contributed by atoms with Gasteiger partial charge in [0.25, 0.3) is 0 Å². The highest BCUT2D eigenvalue weighted by molar-refractivity contribution is 5.66. The van der Waals surface area contributed by atoms with E-state index in [9.17, 15) is 9.90 Å². The number of rotatable bonds is 2. The first-order valence-electron chi connectivity index (χ1n) is 15.2. The zero-order chi connectivity index (χ0) is 27.3. The molecule has 210 valence electrons. The van der Waals surface area contributed by atoms with Gasteiger partial charge >= 0.3 is 5.97 Å². The molecule has 3 fully saturated rings. The maximum atomic E-state index is 12.1. The van der Waals surface area contributed by atoms with Crippen molar-refractivity contribution in [3.63, 3.8) is 0 Å². The minimum absolute atomic E-state index is 0.0306. The van der Waals surface area contributed by atoms with Crippen LogP contribution in [0.3, 0.4) is 0 Å². The monoisotopic (exact) mass is 514 g/mol. The minimum Gasteiger partial charge on any atom is -0.462 e. The Morgan fingerprint density at radius 3 is 2.24 bits per heavy atom. The van der Waals surface area contributed by atoms with Crippen LogP contribution in [0.5, 0.6) is 0 Å². The molecule has 37 heavy (non-hydrogen) atoms. The van der Waals surface area contributed by atoms with Crippen molar-refractivity contribution in [3.05, 3.63) is 11.1 Å². The molecule has 3 saturated carbocycles. The lowest BCUT2D eigenvalue weighted by molar-refractivity contribution is -0.193. The van der Waals surface area contributed by atoms with Gasteiger partial charge in [-0.2, -0.15) is 0 Å². The lowest BCUT2D eigenvalue weighted by Gasteiger charge is -2.71. The molecular weight excluding hydrogens is 460 g/mol.